The number of carbonyl (C=O) groups is 2. The van der Waals surface area contributed by atoms with Crippen LogP contribution in [0, 0.1) is 0 Å². The van der Waals surface area contributed by atoms with Gasteiger partial charge in [-0.2, -0.15) is 13.2 Å². The highest BCUT2D eigenvalue weighted by Crippen LogP contribution is 2.29. The van der Waals surface area contributed by atoms with Crippen LogP contribution in [0.2, 0.25) is 0 Å². The molecule has 2 aromatic carbocycles. The van der Waals surface area contributed by atoms with Gasteiger partial charge < -0.3 is 10.2 Å². The minimum atomic E-state index is -4.45. The zero-order valence-electron chi connectivity index (χ0n) is 15.4. The molecule has 0 radical (unpaired) electrons. The number of anilines is 1. The van der Waals surface area contributed by atoms with Crippen molar-refractivity contribution in [3.8, 4) is 0 Å². The number of rotatable bonds is 3. The number of benzene rings is 2. The van der Waals surface area contributed by atoms with E-state index < -0.39 is 17.6 Å². The zero-order chi connectivity index (χ0) is 21.3. The lowest BCUT2D eigenvalue weighted by atomic mass is 9.98. The minimum absolute atomic E-state index is 0.119. The summed E-state index contributed by atoms with van der Waals surface area (Å²) in [6.07, 6.45) is -3.78. The smallest absolute Gasteiger partial charge is 0.333 e. The standard InChI is InChI=1S/C20H15F3N4O2S/c21-20(22,23)15-4-1-13(2-5-15)18(28)24-16-6-3-12-7-8-27(10-14(12)9-16)19(29)17-11-30-26-25-17/h1-6,9,11H,7-8,10H2,(H,24,28). The Morgan fingerprint density at radius 1 is 1.07 bits per heavy atom. The summed E-state index contributed by atoms with van der Waals surface area (Å²) in [5.74, 6) is -0.713. The Bertz CT molecular complexity index is 1080. The summed E-state index contributed by atoms with van der Waals surface area (Å²) in [6.45, 7) is 0.927. The van der Waals surface area contributed by atoms with Crippen molar-refractivity contribution < 1.29 is 22.8 Å². The monoisotopic (exact) mass is 432 g/mol. The molecule has 0 aliphatic carbocycles. The van der Waals surface area contributed by atoms with Crippen LogP contribution in [0.15, 0.2) is 47.8 Å². The van der Waals surface area contributed by atoms with Gasteiger partial charge in [0.2, 0.25) is 0 Å². The van der Waals surface area contributed by atoms with Crippen LogP contribution in [-0.2, 0) is 19.1 Å². The van der Waals surface area contributed by atoms with Crippen molar-refractivity contribution in [2.75, 3.05) is 11.9 Å². The van der Waals surface area contributed by atoms with Crippen molar-refractivity contribution in [2.45, 2.75) is 19.1 Å². The number of hydrogen-bond donors (Lipinski definition) is 1. The van der Waals surface area contributed by atoms with E-state index in [0.717, 1.165) is 46.9 Å². The summed E-state index contributed by atoms with van der Waals surface area (Å²) >= 11 is 1.11. The highest BCUT2D eigenvalue weighted by Gasteiger charge is 2.30. The number of amides is 2. The highest BCUT2D eigenvalue weighted by atomic mass is 32.1. The molecule has 2 heterocycles. The van der Waals surface area contributed by atoms with Gasteiger partial charge in [0.1, 0.15) is 0 Å². The molecule has 2 amide bonds. The first kappa shape index (κ1) is 20.0. The Labute approximate surface area is 173 Å². The molecule has 1 N–H and O–H groups in total. The molecule has 0 saturated carbocycles. The molecule has 0 bridgehead atoms. The van der Waals surface area contributed by atoms with Gasteiger partial charge in [0, 0.05) is 29.7 Å². The predicted molar refractivity (Wildman–Crippen MR) is 104 cm³/mol. The number of nitrogens with zero attached hydrogens (tertiary/aromatic N) is 3. The first-order valence-electron chi connectivity index (χ1n) is 8.98. The third kappa shape index (κ3) is 4.18. The second-order valence-electron chi connectivity index (χ2n) is 6.78. The van der Waals surface area contributed by atoms with Crippen molar-refractivity contribution in [3.63, 3.8) is 0 Å². The highest BCUT2D eigenvalue weighted by molar-refractivity contribution is 7.03. The molecule has 0 fully saturated rings. The molecular formula is C20H15F3N4O2S. The molecule has 3 aromatic rings. The maximum Gasteiger partial charge on any atom is 0.416 e. The van der Waals surface area contributed by atoms with Crippen molar-refractivity contribution >= 4 is 29.0 Å². The molecule has 30 heavy (non-hydrogen) atoms. The summed E-state index contributed by atoms with van der Waals surface area (Å²) in [6, 6.07) is 9.41. The molecule has 6 nitrogen and oxygen atoms in total. The van der Waals surface area contributed by atoms with Gasteiger partial charge >= 0.3 is 6.18 Å². The van der Waals surface area contributed by atoms with Gasteiger partial charge in [0.05, 0.1) is 5.56 Å². The Balaban J connectivity index is 1.47. The van der Waals surface area contributed by atoms with E-state index in [9.17, 15) is 22.8 Å². The van der Waals surface area contributed by atoms with Crippen LogP contribution in [0.1, 0.15) is 37.5 Å². The minimum Gasteiger partial charge on any atom is -0.333 e. The maximum absolute atomic E-state index is 12.7. The topological polar surface area (TPSA) is 75.2 Å². The Morgan fingerprint density at radius 3 is 2.50 bits per heavy atom. The number of hydrogen-bond acceptors (Lipinski definition) is 5. The third-order valence-corrected chi connectivity index (χ3v) is 5.32. The average molecular weight is 432 g/mol. The van der Waals surface area contributed by atoms with Gasteiger partial charge in [-0.15, -0.1) is 5.10 Å². The van der Waals surface area contributed by atoms with E-state index in [1.54, 1.807) is 22.4 Å². The van der Waals surface area contributed by atoms with Gasteiger partial charge in [0.15, 0.2) is 5.69 Å². The van der Waals surface area contributed by atoms with E-state index in [2.05, 4.69) is 14.9 Å². The fraction of sp³-hybridized carbons (Fsp3) is 0.200. The number of halogens is 3. The molecule has 0 saturated heterocycles. The van der Waals surface area contributed by atoms with Crippen LogP contribution in [0.3, 0.4) is 0 Å². The van der Waals surface area contributed by atoms with Crippen molar-refractivity contribution in [3.05, 3.63) is 75.8 Å². The Hall–Kier alpha value is -3.27. The van der Waals surface area contributed by atoms with E-state index in [1.807, 2.05) is 6.07 Å². The first-order chi connectivity index (χ1) is 14.3. The van der Waals surface area contributed by atoms with Crippen molar-refractivity contribution in [2.24, 2.45) is 0 Å². The average Bonchev–Trinajstić information content (AvgIpc) is 3.27. The lowest BCUT2D eigenvalue weighted by Gasteiger charge is -2.28. The number of fused-ring (bicyclic) bond motifs is 1. The van der Waals surface area contributed by atoms with Gasteiger partial charge in [-0.3, -0.25) is 9.59 Å². The maximum atomic E-state index is 12.7. The molecule has 4 rings (SSSR count). The lowest BCUT2D eigenvalue weighted by molar-refractivity contribution is -0.137. The van der Waals surface area contributed by atoms with E-state index in [4.69, 9.17) is 0 Å². The summed E-state index contributed by atoms with van der Waals surface area (Å²) in [4.78, 5) is 26.6. The lowest BCUT2D eigenvalue weighted by Crippen LogP contribution is -2.36. The summed E-state index contributed by atoms with van der Waals surface area (Å²) in [7, 11) is 0. The molecule has 154 valence electrons. The van der Waals surface area contributed by atoms with Crippen LogP contribution in [-0.4, -0.2) is 32.8 Å². The molecule has 1 aliphatic heterocycles. The normalized spacial score (nSPS) is 13.6. The van der Waals surface area contributed by atoms with Crippen LogP contribution >= 0.6 is 11.5 Å². The Morgan fingerprint density at radius 2 is 1.83 bits per heavy atom. The predicted octanol–water partition coefficient (Wildman–Crippen LogP) is 4.01. The van der Waals surface area contributed by atoms with Gasteiger partial charge in [-0.25, -0.2) is 0 Å². The molecule has 10 heteroatoms. The number of nitrogens with one attached hydrogen (secondary N) is 1. The van der Waals surface area contributed by atoms with Crippen LogP contribution in [0.4, 0.5) is 18.9 Å². The summed E-state index contributed by atoms with van der Waals surface area (Å²) in [5, 5.41) is 8.10. The molecular weight excluding hydrogens is 417 g/mol. The second kappa shape index (κ2) is 7.86. The van der Waals surface area contributed by atoms with E-state index in [1.165, 1.54) is 0 Å². The zero-order valence-corrected chi connectivity index (χ0v) is 16.3. The SMILES string of the molecule is O=C(Nc1ccc2c(c1)CN(C(=O)c1csnn1)CC2)c1ccc(C(F)(F)F)cc1. The van der Waals surface area contributed by atoms with Gasteiger partial charge in [-0.1, -0.05) is 10.6 Å². The molecule has 1 aromatic heterocycles. The van der Waals surface area contributed by atoms with E-state index in [-0.39, 0.29) is 11.5 Å². The number of alkyl halides is 3. The third-order valence-electron chi connectivity index (χ3n) is 4.82. The quantitative estimate of drug-likeness (QED) is 0.679. The largest absolute Gasteiger partial charge is 0.416 e. The van der Waals surface area contributed by atoms with Gasteiger partial charge in [0.25, 0.3) is 11.8 Å². The van der Waals surface area contributed by atoms with Crippen LogP contribution in [0.25, 0.3) is 0 Å². The summed E-state index contributed by atoms with van der Waals surface area (Å²) in [5.41, 5.74) is 2.07. The molecule has 0 spiro atoms. The van der Waals surface area contributed by atoms with E-state index in [0.29, 0.717) is 30.9 Å². The first-order valence-corrected chi connectivity index (χ1v) is 9.81. The van der Waals surface area contributed by atoms with Crippen molar-refractivity contribution in [1.82, 2.24) is 14.5 Å². The molecule has 1 aliphatic rings. The molecule has 0 unspecified atom stereocenters. The Kier molecular flexibility index (Phi) is 5.25. The van der Waals surface area contributed by atoms with Crippen molar-refractivity contribution in [1.29, 1.82) is 0 Å². The summed E-state index contributed by atoms with van der Waals surface area (Å²) < 4.78 is 41.7. The second-order valence-corrected chi connectivity index (χ2v) is 7.39. The number of aromatic nitrogens is 2. The van der Waals surface area contributed by atoms with Crippen LogP contribution in [0.5, 0.6) is 0 Å². The van der Waals surface area contributed by atoms with Gasteiger partial charge in [-0.05, 0) is 65.5 Å². The van der Waals surface area contributed by atoms with Crippen LogP contribution < -0.4 is 5.32 Å². The molecule has 0 atom stereocenters. The van der Waals surface area contributed by atoms with E-state index >= 15 is 0 Å². The number of carbonyl (C=O) groups excluding carboxylic acids is 2. The fourth-order valence-corrected chi connectivity index (χ4v) is 3.67. The fourth-order valence-electron chi connectivity index (χ4n) is 3.24.